The first-order chi connectivity index (χ1) is 9.15. The number of halogens is 1. The second-order valence-corrected chi connectivity index (χ2v) is 5.41. The van der Waals surface area contributed by atoms with Crippen LogP contribution in [0.4, 0.5) is 5.13 Å². The summed E-state index contributed by atoms with van der Waals surface area (Å²) in [4.78, 5) is 4.35. The minimum absolute atomic E-state index is 0. The van der Waals surface area contributed by atoms with Gasteiger partial charge in [0.05, 0.1) is 18.5 Å². The molecule has 0 bridgehead atoms. The first-order valence-electron chi connectivity index (χ1n) is 6.05. The van der Waals surface area contributed by atoms with Gasteiger partial charge in [0.25, 0.3) is 0 Å². The number of nitrogen functional groups attached to an aromatic ring is 1. The summed E-state index contributed by atoms with van der Waals surface area (Å²) in [5.41, 5.74) is 10.2. The number of nitrogens with two attached hydrogens (primary N) is 1. The lowest BCUT2D eigenvalue weighted by atomic mass is 10.2. The van der Waals surface area contributed by atoms with Crippen LogP contribution in [-0.2, 0) is 6.54 Å². The van der Waals surface area contributed by atoms with E-state index in [-0.39, 0.29) is 12.4 Å². The molecule has 0 atom stereocenters. The molecule has 3 aromatic rings. The molecule has 0 unspecified atom stereocenters. The van der Waals surface area contributed by atoms with Crippen LogP contribution in [0.1, 0.15) is 17.1 Å². The number of thiazole rings is 1. The Morgan fingerprint density at radius 2 is 2.20 bits per heavy atom. The van der Waals surface area contributed by atoms with E-state index in [2.05, 4.69) is 29.5 Å². The molecule has 0 aliphatic rings. The van der Waals surface area contributed by atoms with E-state index in [1.807, 2.05) is 17.5 Å². The Bertz CT molecular complexity index is 700. The predicted molar refractivity (Wildman–Crippen MR) is 84.5 cm³/mol. The van der Waals surface area contributed by atoms with Gasteiger partial charge < -0.3 is 14.7 Å². The van der Waals surface area contributed by atoms with Gasteiger partial charge in [-0.05, 0) is 32.0 Å². The van der Waals surface area contributed by atoms with Crippen LogP contribution in [0.15, 0.2) is 34.3 Å². The van der Waals surface area contributed by atoms with E-state index in [1.165, 1.54) is 22.7 Å². The van der Waals surface area contributed by atoms with Gasteiger partial charge in [-0.25, -0.2) is 4.98 Å². The van der Waals surface area contributed by atoms with Crippen LogP contribution in [0.3, 0.4) is 0 Å². The van der Waals surface area contributed by atoms with Crippen LogP contribution in [0.25, 0.3) is 11.3 Å². The fraction of sp³-hybridized carbons (Fsp3) is 0.214. The summed E-state index contributed by atoms with van der Waals surface area (Å²) in [5, 5.41) is 2.60. The topological polar surface area (TPSA) is 57.0 Å². The first-order valence-corrected chi connectivity index (χ1v) is 6.93. The summed E-state index contributed by atoms with van der Waals surface area (Å²) in [6.07, 6.45) is 1.70. The summed E-state index contributed by atoms with van der Waals surface area (Å²) in [6, 6.07) is 6.04. The van der Waals surface area contributed by atoms with Crippen molar-refractivity contribution in [3.05, 3.63) is 47.0 Å². The number of furan rings is 1. The van der Waals surface area contributed by atoms with Crippen molar-refractivity contribution in [3.8, 4) is 11.3 Å². The molecule has 0 aromatic carbocycles. The van der Waals surface area contributed by atoms with Crippen molar-refractivity contribution in [1.29, 1.82) is 0 Å². The van der Waals surface area contributed by atoms with E-state index in [0.717, 1.165) is 23.6 Å². The molecular formula is C14H16ClN3OS. The minimum Gasteiger partial charge on any atom is -0.467 e. The number of hydrogen-bond donors (Lipinski definition) is 1. The molecule has 3 heterocycles. The SMILES string of the molecule is Cc1cc(-c2csc(N)n2)c(C)n1Cc1ccco1.Cl. The van der Waals surface area contributed by atoms with Gasteiger partial charge >= 0.3 is 0 Å². The molecule has 0 spiro atoms. The van der Waals surface area contributed by atoms with Gasteiger partial charge in [-0.2, -0.15) is 0 Å². The maximum atomic E-state index is 5.71. The molecule has 4 nitrogen and oxygen atoms in total. The lowest BCUT2D eigenvalue weighted by Crippen LogP contribution is -2.02. The van der Waals surface area contributed by atoms with E-state index in [1.54, 1.807) is 6.26 Å². The van der Waals surface area contributed by atoms with E-state index in [0.29, 0.717) is 5.13 Å². The number of anilines is 1. The molecule has 0 aliphatic carbocycles. The molecule has 106 valence electrons. The maximum Gasteiger partial charge on any atom is 0.180 e. The smallest absolute Gasteiger partial charge is 0.180 e. The zero-order valence-electron chi connectivity index (χ0n) is 11.3. The minimum atomic E-state index is 0. The average Bonchev–Trinajstić information content (AvgIpc) is 3.07. The quantitative estimate of drug-likeness (QED) is 0.799. The van der Waals surface area contributed by atoms with Crippen molar-refractivity contribution in [2.75, 3.05) is 5.73 Å². The molecular weight excluding hydrogens is 294 g/mol. The largest absolute Gasteiger partial charge is 0.467 e. The maximum absolute atomic E-state index is 5.71. The zero-order chi connectivity index (χ0) is 13.4. The standard InChI is InChI=1S/C14H15N3OS.ClH/c1-9-6-12(13-8-19-14(15)16-13)10(2)17(9)7-11-4-3-5-18-11;/h3-6,8H,7H2,1-2H3,(H2,15,16);1H. The monoisotopic (exact) mass is 309 g/mol. The van der Waals surface area contributed by atoms with Gasteiger partial charge in [0.15, 0.2) is 5.13 Å². The van der Waals surface area contributed by atoms with Gasteiger partial charge in [0.2, 0.25) is 0 Å². The molecule has 6 heteroatoms. The predicted octanol–water partition coefficient (Wildman–Crippen LogP) is 3.87. The zero-order valence-corrected chi connectivity index (χ0v) is 12.9. The third-order valence-electron chi connectivity index (χ3n) is 3.27. The molecule has 20 heavy (non-hydrogen) atoms. The van der Waals surface area contributed by atoms with Crippen LogP contribution in [0.2, 0.25) is 0 Å². The highest BCUT2D eigenvalue weighted by atomic mass is 35.5. The molecule has 3 aromatic heterocycles. The molecule has 0 radical (unpaired) electrons. The fourth-order valence-corrected chi connectivity index (χ4v) is 2.84. The summed E-state index contributed by atoms with van der Waals surface area (Å²) >= 11 is 1.47. The Morgan fingerprint density at radius 1 is 1.40 bits per heavy atom. The van der Waals surface area contributed by atoms with Crippen LogP contribution in [0.5, 0.6) is 0 Å². The highest BCUT2D eigenvalue weighted by Gasteiger charge is 2.13. The van der Waals surface area contributed by atoms with Crippen LogP contribution in [0, 0.1) is 13.8 Å². The molecule has 0 aliphatic heterocycles. The number of hydrogen-bond acceptors (Lipinski definition) is 4. The van der Waals surface area contributed by atoms with Gasteiger partial charge in [-0.3, -0.25) is 0 Å². The fourth-order valence-electron chi connectivity index (χ4n) is 2.27. The molecule has 2 N–H and O–H groups in total. The summed E-state index contributed by atoms with van der Waals surface area (Å²) in [7, 11) is 0. The van der Waals surface area contributed by atoms with E-state index < -0.39 is 0 Å². The van der Waals surface area contributed by atoms with Crippen LogP contribution >= 0.6 is 23.7 Å². The van der Waals surface area contributed by atoms with Crippen molar-refractivity contribution >= 4 is 28.9 Å². The lowest BCUT2D eigenvalue weighted by Gasteiger charge is -2.07. The lowest BCUT2D eigenvalue weighted by molar-refractivity contribution is 0.489. The summed E-state index contributed by atoms with van der Waals surface area (Å²) in [6.45, 7) is 4.93. The van der Waals surface area contributed by atoms with Crippen molar-refractivity contribution in [2.45, 2.75) is 20.4 Å². The van der Waals surface area contributed by atoms with Crippen LogP contribution in [-0.4, -0.2) is 9.55 Å². The number of nitrogens with zero attached hydrogens (tertiary/aromatic N) is 2. The Balaban J connectivity index is 0.00000147. The average molecular weight is 310 g/mol. The van der Waals surface area contributed by atoms with Gasteiger partial charge in [-0.15, -0.1) is 23.7 Å². The molecule has 0 saturated carbocycles. The summed E-state index contributed by atoms with van der Waals surface area (Å²) in [5.74, 6) is 0.950. The third kappa shape index (κ3) is 2.59. The second-order valence-electron chi connectivity index (χ2n) is 4.52. The molecule has 3 rings (SSSR count). The molecule has 0 amide bonds. The Labute approximate surface area is 127 Å². The second kappa shape index (κ2) is 5.73. The summed E-state index contributed by atoms with van der Waals surface area (Å²) < 4.78 is 7.64. The first kappa shape index (κ1) is 14.7. The van der Waals surface area contributed by atoms with Crippen molar-refractivity contribution < 1.29 is 4.42 Å². The Morgan fingerprint density at radius 3 is 2.80 bits per heavy atom. The normalized spacial score (nSPS) is 10.5. The Kier molecular flexibility index (Phi) is 4.20. The van der Waals surface area contributed by atoms with Crippen molar-refractivity contribution in [1.82, 2.24) is 9.55 Å². The van der Waals surface area contributed by atoms with E-state index >= 15 is 0 Å². The van der Waals surface area contributed by atoms with Crippen LogP contribution < -0.4 is 5.73 Å². The van der Waals surface area contributed by atoms with Crippen molar-refractivity contribution in [2.24, 2.45) is 0 Å². The molecule has 0 saturated heterocycles. The third-order valence-corrected chi connectivity index (χ3v) is 3.94. The Hall–Kier alpha value is -1.72. The van der Waals surface area contributed by atoms with E-state index in [4.69, 9.17) is 10.2 Å². The molecule has 0 fully saturated rings. The number of aromatic nitrogens is 2. The highest BCUT2D eigenvalue weighted by molar-refractivity contribution is 7.13. The number of rotatable bonds is 3. The van der Waals surface area contributed by atoms with Crippen molar-refractivity contribution in [3.63, 3.8) is 0 Å². The highest BCUT2D eigenvalue weighted by Crippen LogP contribution is 2.29. The van der Waals surface area contributed by atoms with E-state index in [9.17, 15) is 0 Å². The number of aryl methyl sites for hydroxylation is 1. The van der Waals surface area contributed by atoms with Gasteiger partial charge in [0, 0.05) is 22.3 Å². The van der Waals surface area contributed by atoms with Gasteiger partial charge in [0.1, 0.15) is 5.76 Å². The van der Waals surface area contributed by atoms with Gasteiger partial charge in [-0.1, -0.05) is 0 Å².